The highest BCUT2D eigenvalue weighted by atomic mass is 32.2. The summed E-state index contributed by atoms with van der Waals surface area (Å²) in [6.45, 7) is 1.59. The molecule has 2 aliphatic rings. The predicted octanol–water partition coefficient (Wildman–Crippen LogP) is 4.97. The topological polar surface area (TPSA) is 122 Å². The van der Waals surface area contributed by atoms with Crippen LogP contribution in [0.3, 0.4) is 0 Å². The van der Waals surface area contributed by atoms with E-state index in [1.165, 1.54) is 24.3 Å². The van der Waals surface area contributed by atoms with Crippen LogP contribution in [0, 0.1) is 5.82 Å². The zero-order valence-corrected chi connectivity index (χ0v) is 23.3. The molecule has 2 aromatic rings. The molecule has 1 heterocycles. The molecule has 1 aliphatic heterocycles. The molecule has 238 valence electrons. The molecule has 1 amide bonds. The Morgan fingerprint density at radius 3 is 2.28 bits per heavy atom. The van der Waals surface area contributed by atoms with Crippen LogP contribution in [0.4, 0.5) is 30.7 Å². The van der Waals surface area contributed by atoms with Crippen molar-refractivity contribution < 1.29 is 63.3 Å². The van der Waals surface area contributed by atoms with Gasteiger partial charge in [-0.1, -0.05) is 12.1 Å². The van der Waals surface area contributed by atoms with Gasteiger partial charge in [-0.3, -0.25) is 9.69 Å². The second kappa shape index (κ2) is 13.4. The second-order valence-electron chi connectivity index (χ2n) is 9.96. The highest BCUT2D eigenvalue weighted by Crippen LogP contribution is 2.45. The van der Waals surface area contributed by atoms with Crippen LogP contribution >= 0.6 is 0 Å². The molecule has 2 aromatic carbocycles. The van der Waals surface area contributed by atoms with Gasteiger partial charge >= 0.3 is 18.5 Å². The molecule has 0 unspecified atom stereocenters. The third kappa shape index (κ3) is 11.2. The Morgan fingerprint density at radius 1 is 1.07 bits per heavy atom. The van der Waals surface area contributed by atoms with Crippen LogP contribution in [0.15, 0.2) is 36.4 Å². The summed E-state index contributed by atoms with van der Waals surface area (Å²) < 4.78 is 119. The lowest BCUT2D eigenvalue weighted by Crippen LogP contribution is -2.40. The number of benzene rings is 2. The summed E-state index contributed by atoms with van der Waals surface area (Å²) in [5, 5.41) is 7.12. The number of amides is 1. The number of nitrogens with one attached hydrogen (secondary N) is 1. The Bertz CT molecular complexity index is 1430. The van der Waals surface area contributed by atoms with Crippen molar-refractivity contribution in [3.05, 3.63) is 58.9 Å². The van der Waals surface area contributed by atoms with E-state index in [0.29, 0.717) is 36.4 Å². The Balaban J connectivity index is 0.000000646. The number of ether oxygens (including phenoxy) is 2. The van der Waals surface area contributed by atoms with Crippen molar-refractivity contribution in [1.82, 2.24) is 9.62 Å². The first-order chi connectivity index (χ1) is 19.8. The molecule has 1 atom stereocenters. The Morgan fingerprint density at radius 2 is 1.72 bits per heavy atom. The maximum absolute atomic E-state index is 14.8. The van der Waals surface area contributed by atoms with E-state index in [0.717, 1.165) is 38.1 Å². The van der Waals surface area contributed by atoms with E-state index in [4.69, 9.17) is 14.6 Å². The van der Waals surface area contributed by atoms with Gasteiger partial charge < -0.3 is 14.6 Å². The van der Waals surface area contributed by atoms with E-state index < -0.39 is 40.3 Å². The molecule has 1 saturated heterocycles. The summed E-state index contributed by atoms with van der Waals surface area (Å²) in [7, 11) is -3.85. The lowest BCUT2D eigenvalue weighted by Gasteiger charge is -2.33. The number of hydrogen-bond donors (Lipinski definition) is 2. The van der Waals surface area contributed by atoms with Gasteiger partial charge in [0, 0.05) is 19.2 Å². The fourth-order valence-corrected chi connectivity index (χ4v) is 4.76. The molecule has 0 spiro atoms. The number of halogens is 7. The largest absolute Gasteiger partial charge is 0.573 e. The smallest absolute Gasteiger partial charge is 0.489 e. The summed E-state index contributed by atoms with van der Waals surface area (Å²) in [5.41, 5.74) is 0.952. The average molecular weight is 645 g/mol. The van der Waals surface area contributed by atoms with Crippen molar-refractivity contribution in [3.8, 4) is 11.5 Å². The number of carboxylic acids is 1. The summed E-state index contributed by atoms with van der Waals surface area (Å²) in [4.78, 5) is 23.2. The molecule has 0 bridgehead atoms. The first kappa shape index (κ1) is 33.9. The molecule has 9 nitrogen and oxygen atoms in total. The number of nitrogens with zero attached hydrogens (tertiary/aromatic N) is 1. The van der Waals surface area contributed by atoms with E-state index >= 15 is 0 Å². The molecule has 2 fully saturated rings. The predicted molar refractivity (Wildman–Crippen MR) is 136 cm³/mol. The maximum Gasteiger partial charge on any atom is 0.573 e. The van der Waals surface area contributed by atoms with E-state index in [1.54, 1.807) is 10.8 Å². The number of rotatable bonds is 8. The van der Waals surface area contributed by atoms with Gasteiger partial charge in [0.05, 0.1) is 11.8 Å². The summed E-state index contributed by atoms with van der Waals surface area (Å²) >= 11 is 0. The standard InChI is InChI=1S/C24H26F4N2O5S.C2HF3O2/c1-36(32,33)29-23(31)20-11-19(16-7-8-16)22(12-21(20)25)34-18-6-3-9-30(14-18)13-15-4-2-5-17(10-15)35-24(26,27)28;3-2(4,5)1(6)7/h2,4-5,10-12,16,18H,3,6-9,13-14H2,1H3,(H,29,31);(H,6,7)/t18-;/m1./s1. The minimum atomic E-state index is -5.08. The van der Waals surface area contributed by atoms with E-state index in [2.05, 4.69) is 4.74 Å². The van der Waals surface area contributed by atoms with Crippen LogP contribution in [0.25, 0.3) is 0 Å². The molecule has 2 N–H and O–H groups in total. The van der Waals surface area contributed by atoms with Crippen LogP contribution in [0.2, 0.25) is 0 Å². The number of likely N-dealkylation sites (tertiary alicyclic amines) is 1. The lowest BCUT2D eigenvalue weighted by molar-refractivity contribution is -0.274. The summed E-state index contributed by atoms with van der Waals surface area (Å²) in [6, 6.07) is 8.29. The molecule has 4 rings (SSSR count). The third-order valence-electron chi connectivity index (χ3n) is 6.18. The Hall–Kier alpha value is -3.60. The van der Waals surface area contributed by atoms with Gasteiger partial charge in [-0.25, -0.2) is 22.3 Å². The fraction of sp³-hybridized carbons (Fsp3) is 0.462. The zero-order valence-electron chi connectivity index (χ0n) is 22.5. The van der Waals surface area contributed by atoms with E-state index in [-0.39, 0.29) is 23.3 Å². The van der Waals surface area contributed by atoms with Gasteiger partial charge in [-0.15, -0.1) is 13.2 Å². The second-order valence-corrected chi connectivity index (χ2v) is 11.7. The normalized spacial score (nSPS) is 17.8. The van der Waals surface area contributed by atoms with Crippen LogP contribution < -0.4 is 14.2 Å². The van der Waals surface area contributed by atoms with Crippen molar-refractivity contribution in [1.29, 1.82) is 0 Å². The first-order valence-electron chi connectivity index (χ1n) is 12.7. The number of hydrogen-bond acceptors (Lipinski definition) is 7. The average Bonchev–Trinajstić information content (AvgIpc) is 3.67. The molecular weight excluding hydrogens is 617 g/mol. The van der Waals surface area contributed by atoms with Gasteiger partial charge in [0.25, 0.3) is 5.91 Å². The molecule has 43 heavy (non-hydrogen) atoms. The van der Waals surface area contributed by atoms with Crippen LogP contribution in [-0.4, -0.2) is 68.3 Å². The van der Waals surface area contributed by atoms with Crippen LogP contribution in [0.1, 0.15) is 53.1 Å². The number of carbonyl (C=O) groups excluding carboxylic acids is 1. The van der Waals surface area contributed by atoms with Crippen molar-refractivity contribution >= 4 is 21.9 Å². The Labute approximate surface area is 241 Å². The van der Waals surface area contributed by atoms with Gasteiger partial charge in [-0.2, -0.15) is 13.2 Å². The van der Waals surface area contributed by atoms with E-state index in [9.17, 15) is 43.9 Å². The first-order valence-corrected chi connectivity index (χ1v) is 14.6. The lowest BCUT2D eigenvalue weighted by atomic mass is 10.0. The zero-order chi connectivity index (χ0) is 32.2. The van der Waals surface area contributed by atoms with E-state index in [1.807, 2.05) is 4.90 Å². The van der Waals surface area contributed by atoms with Crippen molar-refractivity contribution in [2.45, 2.75) is 56.8 Å². The third-order valence-corrected chi connectivity index (χ3v) is 6.73. The van der Waals surface area contributed by atoms with Gasteiger partial charge in [0.15, 0.2) is 0 Å². The van der Waals surface area contributed by atoms with Crippen molar-refractivity contribution in [3.63, 3.8) is 0 Å². The van der Waals surface area contributed by atoms with Crippen LogP contribution in [0.5, 0.6) is 11.5 Å². The fourth-order valence-electron chi connectivity index (χ4n) is 4.32. The monoisotopic (exact) mass is 644 g/mol. The molecule has 1 aliphatic carbocycles. The van der Waals surface area contributed by atoms with Crippen molar-refractivity contribution in [2.24, 2.45) is 0 Å². The highest BCUT2D eigenvalue weighted by molar-refractivity contribution is 7.89. The SMILES string of the molecule is CS(=O)(=O)NC(=O)c1cc(C2CC2)c(O[C@@H]2CCCN(Cc3cccc(OC(F)(F)F)c3)C2)cc1F.O=C(O)C(F)(F)F. The van der Waals surface area contributed by atoms with Gasteiger partial charge in [0.2, 0.25) is 10.0 Å². The van der Waals surface area contributed by atoms with Crippen molar-refractivity contribution in [2.75, 3.05) is 19.3 Å². The molecule has 1 saturated carbocycles. The number of sulfonamides is 1. The molecular formula is C26H27F7N2O7S. The van der Waals surface area contributed by atoms with Gasteiger partial charge in [-0.05, 0) is 67.5 Å². The minimum Gasteiger partial charge on any atom is -0.489 e. The summed E-state index contributed by atoms with van der Waals surface area (Å²) in [6.07, 6.45) is -6.14. The molecule has 17 heteroatoms. The minimum absolute atomic E-state index is 0.0986. The quantitative estimate of drug-likeness (QED) is 0.387. The Kier molecular flexibility index (Phi) is 10.5. The highest BCUT2D eigenvalue weighted by Gasteiger charge is 2.38. The maximum atomic E-state index is 14.8. The molecule has 0 aromatic heterocycles. The van der Waals surface area contributed by atoms with Crippen LogP contribution in [-0.2, 0) is 21.4 Å². The summed E-state index contributed by atoms with van der Waals surface area (Å²) in [5.74, 6) is -4.55. The number of piperidine rings is 1. The van der Waals surface area contributed by atoms with Gasteiger partial charge in [0.1, 0.15) is 23.4 Å². The molecule has 0 radical (unpaired) electrons. The number of alkyl halides is 6. The number of carboxylic acid groups (broad SMARTS) is 1. The number of carbonyl (C=O) groups is 2. The number of aliphatic carboxylic acids is 1.